The fourth-order valence-electron chi connectivity index (χ4n) is 2.79. The number of carbonyl (C=O) groups excluding carboxylic acids is 1. The van der Waals surface area contributed by atoms with E-state index in [0.29, 0.717) is 6.04 Å². The highest BCUT2D eigenvalue weighted by atomic mass is 16.6. The molecule has 0 aromatic carbocycles. The predicted octanol–water partition coefficient (Wildman–Crippen LogP) is 1.88. The number of amides is 1. The van der Waals surface area contributed by atoms with Gasteiger partial charge < -0.3 is 15.4 Å². The zero-order valence-corrected chi connectivity index (χ0v) is 10.4. The van der Waals surface area contributed by atoms with E-state index in [1.165, 1.54) is 0 Å². The molecular weight excluding hydrogens is 204 g/mol. The molecule has 4 nitrogen and oxygen atoms in total. The van der Waals surface area contributed by atoms with Crippen LogP contribution in [-0.2, 0) is 4.74 Å². The summed E-state index contributed by atoms with van der Waals surface area (Å²) in [5.74, 6) is 0. The highest BCUT2D eigenvalue weighted by molar-refractivity contribution is 5.69. The smallest absolute Gasteiger partial charge is 0.410 e. The quantitative estimate of drug-likeness (QED) is 0.686. The summed E-state index contributed by atoms with van der Waals surface area (Å²) < 4.78 is 5.44. The third kappa shape index (κ3) is 2.17. The molecule has 2 heterocycles. The number of hydrogen-bond acceptors (Lipinski definition) is 3. The second-order valence-corrected chi connectivity index (χ2v) is 5.93. The van der Waals surface area contributed by atoms with E-state index in [1.54, 1.807) is 0 Å². The fourth-order valence-corrected chi connectivity index (χ4v) is 2.79. The van der Waals surface area contributed by atoms with Gasteiger partial charge in [-0.15, -0.1) is 0 Å². The third-order valence-corrected chi connectivity index (χ3v) is 3.48. The highest BCUT2D eigenvalue weighted by Gasteiger charge is 2.44. The molecular formula is C12H22N2O2. The standard InChI is InChI=1S/C12H22N2O2/c1-12(2,3)16-11(15)14-8-4-6-9(13)10(14)7-5-8/h8-10H,4-7,13H2,1-3H3/t8-,9-,10-/m1/s1. The van der Waals surface area contributed by atoms with E-state index in [0.717, 1.165) is 25.7 Å². The predicted molar refractivity (Wildman–Crippen MR) is 62.1 cm³/mol. The second-order valence-electron chi connectivity index (χ2n) is 5.93. The van der Waals surface area contributed by atoms with Crippen LogP contribution in [-0.4, -0.2) is 34.7 Å². The van der Waals surface area contributed by atoms with Gasteiger partial charge in [-0.1, -0.05) is 0 Å². The van der Waals surface area contributed by atoms with Gasteiger partial charge in [-0.05, 0) is 46.5 Å². The number of piperidine rings is 1. The van der Waals surface area contributed by atoms with Crippen molar-refractivity contribution in [2.24, 2.45) is 5.73 Å². The van der Waals surface area contributed by atoms with Crippen LogP contribution in [0, 0.1) is 0 Å². The molecule has 2 aliphatic rings. The van der Waals surface area contributed by atoms with Crippen molar-refractivity contribution in [3.63, 3.8) is 0 Å². The number of rotatable bonds is 0. The molecule has 2 saturated heterocycles. The first-order valence-electron chi connectivity index (χ1n) is 6.15. The number of ether oxygens (including phenoxy) is 1. The molecule has 16 heavy (non-hydrogen) atoms. The average Bonchev–Trinajstić information content (AvgIpc) is 2.46. The van der Waals surface area contributed by atoms with Gasteiger partial charge in [0.15, 0.2) is 0 Å². The lowest BCUT2D eigenvalue weighted by Gasteiger charge is -2.39. The van der Waals surface area contributed by atoms with E-state index in [4.69, 9.17) is 10.5 Å². The first kappa shape index (κ1) is 11.7. The van der Waals surface area contributed by atoms with Crippen molar-refractivity contribution in [1.82, 2.24) is 4.90 Å². The Labute approximate surface area is 97.1 Å². The van der Waals surface area contributed by atoms with Gasteiger partial charge in [-0.25, -0.2) is 4.79 Å². The molecule has 3 atom stereocenters. The molecule has 0 aromatic heterocycles. The molecule has 2 bridgehead atoms. The number of nitrogens with two attached hydrogens (primary N) is 1. The number of fused-ring (bicyclic) bond motifs is 2. The monoisotopic (exact) mass is 226 g/mol. The SMILES string of the molecule is CC(C)(C)OC(=O)N1[C@@H]2CC[C@@H](N)[C@H]1CC2. The van der Waals surface area contributed by atoms with Gasteiger partial charge in [0.1, 0.15) is 5.60 Å². The maximum absolute atomic E-state index is 12.1. The largest absolute Gasteiger partial charge is 0.444 e. The molecule has 2 rings (SSSR count). The van der Waals surface area contributed by atoms with E-state index < -0.39 is 5.60 Å². The Hall–Kier alpha value is -0.770. The Bertz CT molecular complexity index is 285. The van der Waals surface area contributed by atoms with Gasteiger partial charge >= 0.3 is 6.09 Å². The summed E-state index contributed by atoms with van der Waals surface area (Å²) in [7, 11) is 0. The highest BCUT2D eigenvalue weighted by Crippen LogP contribution is 2.35. The summed E-state index contributed by atoms with van der Waals surface area (Å²) in [4.78, 5) is 14.0. The minimum Gasteiger partial charge on any atom is -0.444 e. The summed E-state index contributed by atoms with van der Waals surface area (Å²) in [6, 6.07) is 0.694. The van der Waals surface area contributed by atoms with Gasteiger partial charge in [0.25, 0.3) is 0 Å². The molecule has 0 aromatic rings. The number of hydrogen-bond donors (Lipinski definition) is 1. The van der Waals surface area contributed by atoms with Crippen LogP contribution in [0.5, 0.6) is 0 Å². The van der Waals surface area contributed by atoms with Gasteiger partial charge in [-0.3, -0.25) is 0 Å². The van der Waals surface area contributed by atoms with Crippen molar-refractivity contribution in [1.29, 1.82) is 0 Å². The summed E-state index contributed by atoms with van der Waals surface area (Å²) in [6.07, 6.45) is 3.99. The van der Waals surface area contributed by atoms with Gasteiger partial charge in [-0.2, -0.15) is 0 Å². The van der Waals surface area contributed by atoms with Crippen LogP contribution in [0.2, 0.25) is 0 Å². The van der Waals surface area contributed by atoms with Crippen molar-refractivity contribution >= 4 is 6.09 Å². The van der Waals surface area contributed by atoms with Crippen LogP contribution < -0.4 is 5.73 Å². The van der Waals surface area contributed by atoms with E-state index in [9.17, 15) is 4.79 Å². The summed E-state index contributed by atoms with van der Waals surface area (Å²) in [6.45, 7) is 5.70. The van der Waals surface area contributed by atoms with Crippen LogP contribution >= 0.6 is 0 Å². The van der Waals surface area contributed by atoms with E-state index in [-0.39, 0.29) is 18.2 Å². The van der Waals surface area contributed by atoms with Crippen molar-refractivity contribution in [2.75, 3.05) is 0 Å². The molecule has 0 radical (unpaired) electrons. The molecule has 2 N–H and O–H groups in total. The second kappa shape index (κ2) is 3.91. The zero-order chi connectivity index (χ0) is 11.9. The van der Waals surface area contributed by atoms with Crippen LogP contribution in [0.25, 0.3) is 0 Å². The average molecular weight is 226 g/mol. The van der Waals surface area contributed by atoms with Gasteiger partial charge in [0.05, 0.1) is 6.04 Å². The van der Waals surface area contributed by atoms with Crippen molar-refractivity contribution in [2.45, 2.75) is 70.2 Å². The Kier molecular flexibility index (Phi) is 2.86. The summed E-state index contributed by atoms with van der Waals surface area (Å²) in [5.41, 5.74) is 5.64. The Balaban J connectivity index is 2.07. The van der Waals surface area contributed by atoms with Crippen LogP contribution in [0.3, 0.4) is 0 Å². The molecule has 92 valence electrons. The molecule has 0 unspecified atom stereocenters. The minimum atomic E-state index is -0.419. The maximum Gasteiger partial charge on any atom is 0.410 e. The summed E-state index contributed by atoms with van der Waals surface area (Å²) >= 11 is 0. The Morgan fingerprint density at radius 2 is 1.88 bits per heavy atom. The molecule has 0 aliphatic carbocycles. The molecule has 0 spiro atoms. The van der Waals surface area contributed by atoms with Crippen LogP contribution in [0.15, 0.2) is 0 Å². The number of nitrogens with zero attached hydrogens (tertiary/aromatic N) is 1. The topological polar surface area (TPSA) is 55.6 Å². The fraction of sp³-hybridized carbons (Fsp3) is 0.917. The third-order valence-electron chi connectivity index (χ3n) is 3.48. The Morgan fingerprint density at radius 3 is 2.50 bits per heavy atom. The number of carbonyl (C=O) groups is 1. The Morgan fingerprint density at radius 1 is 1.25 bits per heavy atom. The normalized spacial score (nSPS) is 34.0. The lowest BCUT2D eigenvalue weighted by Crippen LogP contribution is -2.54. The van der Waals surface area contributed by atoms with Gasteiger partial charge in [0, 0.05) is 12.1 Å². The van der Waals surface area contributed by atoms with Crippen molar-refractivity contribution in [3.8, 4) is 0 Å². The molecule has 4 heteroatoms. The lowest BCUT2D eigenvalue weighted by atomic mass is 9.99. The zero-order valence-electron chi connectivity index (χ0n) is 10.4. The van der Waals surface area contributed by atoms with Crippen molar-refractivity contribution < 1.29 is 9.53 Å². The summed E-state index contributed by atoms with van der Waals surface area (Å²) in [5, 5.41) is 0. The van der Waals surface area contributed by atoms with Gasteiger partial charge in [0.2, 0.25) is 0 Å². The van der Waals surface area contributed by atoms with Crippen LogP contribution in [0.1, 0.15) is 46.5 Å². The molecule has 1 amide bonds. The first-order chi connectivity index (χ1) is 7.38. The van der Waals surface area contributed by atoms with E-state index >= 15 is 0 Å². The lowest BCUT2D eigenvalue weighted by molar-refractivity contribution is 0.00505. The maximum atomic E-state index is 12.1. The van der Waals surface area contributed by atoms with E-state index in [1.807, 2.05) is 25.7 Å². The molecule has 0 saturated carbocycles. The minimum absolute atomic E-state index is 0.131. The van der Waals surface area contributed by atoms with Crippen molar-refractivity contribution in [3.05, 3.63) is 0 Å². The first-order valence-corrected chi connectivity index (χ1v) is 6.15. The van der Waals surface area contributed by atoms with E-state index in [2.05, 4.69) is 0 Å². The molecule has 2 fully saturated rings. The van der Waals surface area contributed by atoms with Crippen LogP contribution in [0.4, 0.5) is 4.79 Å². The molecule has 2 aliphatic heterocycles.